The summed E-state index contributed by atoms with van der Waals surface area (Å²) in [6.07, 6.45) is 2.59. The summed E-state index contributed by atoms with van der Waals surface area (Å²) in [7, 11) is 0. The normalized spacial score (nSPS) is 34.1. The zero-order valence-corrected chi connectivity index (χ0v) is 10.5. The molecular weight excluding hydrogens is 272 g/mol. The van der Waals surface area contributed by atoms with Crippen molar-refractivity contribution in [3.05, 3.63) is 27.4 Å². The Labute approximate surface area is 113 Å². The molecule has 1 saturated heterocycles. The molecule has 0 aromatic carbocycles. The van der Waals surface area contributed by atoms with Crippen molar-refractivity contribution in [1.82, 2.24) is 9.55 Å². The third-order valence-corrected chi connectivity index (χ3v) is 3.34. The first-order chi connectivity index (χ1) is 8.95. The topological polar surface area (TPSA) is 108 Å². The largest absolute Gasteiger partial charge is 0.392 e. The van der Waals surface area contributed by atoms with Gasteiger partial charge >= 0.3 is 0 Å². The van der Waals surface area contributed by atoms with Crippen LogP contribution in [0.2, 0.25) is 0 Å². The van der Waals surface area contributed by atoms with E-state index in [1.54, 1.807) is 0 Å². The summed E-state index contributed by atoms with van der Waals surface area (Å²) in [5, 5.41) is 29.1. The number of aliphatic hydroxyl groups is 3. The van der Waals surface area contributed by atoms with Gasteiger partial charge in [-0.05, 0) is 12.2 Å². The van der Waals surface area contributed by atoms with E-state index in [0.717, 1.165) is 0 Å². The summed E-state index contributed by atoms with van der Waals surface area (Å²) in [6, 6.07) is 1.19. The predicted octanol–water partition coefficient (Wildman–Crippen LogP) is -1.48. The SMILES string of the molecule is C#C[C@]1(CO)O[C@@H](n2ccc(=O)[nH]c2=S)C(O)[C@H]1O. The Morgan fingerprint density at radius 2 is 2.32 bits per heavy atom. The molecule has 0 aliphatic carbocycles. The monoisotopic (exact) mass is 284 g/mol. The molecule has 102 valence electrons. The van der Waals surface area contributed by atoms with Crippen molar-refractivity contribution in [1.29, 1.82) is 0 Å². The van der Waals surface area contributed by atoms with Crippen molar-refractivity contribution in [2.24, 2.45) is 0 Å². The molecule has 2 heterocycles. The Bertz CT molecular complexity index is 633. The van der Waals surface area contributed by atoms with Crippen LogP contribution in [-0.4, -0.2) is 49.3 Å². The quantitative estimate of drug-likeness (QED) is 0.390. The molecule has 19 heavy (non-hydrogen) atoms. The third-order valence-electron chi connectivity index (χ3n) is 3.03. The molecule has 1 aliphatic rings. The van der Waals surface area contributed by atoms with E-state index in [2.05, 4.69) is 10.9 Å². The average molecular weight is 284 g/mol. The van der Waals surface area contributed by atoms with Crippen LogP contribution in [0.1, 0.15) is 6.23 Å². The second-order valence-corrected chi connectivity index (χ2v) is 4.54. The van der Waals surface area contributed by atoms with Crippen molar-refractivity contribution in [2.45, 2.75) is 24.0 Å². The Hall–Kier alpha value is -1.50. The van der Waals surface area contributed by atoms with E-state index < -0.39 is 36.2 Å². The number of rotatable bonds is 2. The highest BCUT2D eigenvalue weighted by Crippen LogP contribution is 2.36. The Kier molecular flexibility index (Phi) is 3.58. The number of ether oxygens (including phenoxy) is 1. The molecular formula is C11H12N2O5S. The van der Waals surface area contributed by atoms with Gasteiger partial charge in [0.25, 0.3) is 5.56 Å². The number of hydrogen-bond acceptors (Lipinski definition) is 6. The van der Waals surface area contributed by atoms with Crippen LogP contribution in [0.5, 0.6) is 0 Å². The molecule has 1 aromatic rings. The smallest absolute Gasteiger partial charge is 0.251 e. The van der Waals surface area contributed by atoms with Gasteiger partial charge in [-0.25, -0.2) is 0 Å². The second kappa shape index (κ2) is 4.88. The van der Waals surface area contributed by atoms with E-state index in [1.807, 2.05) is 0 Å². The molecule has 7 nitrogen and oxygen atoms in total. The van der Waals surface area contributed by atoms with Gasteiger partial charge in [-0.1, -0.05) is 5.92 Å². The maximum Gasteiger partial charge on any atom is 0.251 e. The molecule has 0 spiro atoms. The summed E-state index contributed by atoms with van der Waals surface area (Å²) >= 11 is 4.94. The molecule has 4 atom stereocenters. The fourth-order valence-electron chi connectivity index (χ4n) is 1.93. The van der Waals surface area contributed by atoms with Gasteiger partial charge in [-0.15, -0.1) is 6.42 Å². The lowest BCUT2D eigenvalue weighted by Crippen LogP contribution is -2.44. The number of aromatic amines is 1. The molecule has 8 heteroatoms. The maximum absolute atomic E-state index is 11.1. The van der Waals surface area contributed by atoms with Crippen molar-refractivity contribution in [3.63, 3.8) is 0 Å². The van der Waals surface area contributed by atoms with Crippen molar-refractivity contribution < 1.29 is 20.1 Å². The first kappa shape index (κ1) is 13.9. The molecule has 1 aliphatic heterocycles. The Morgan fingerprint density at radius 1 is 1.63 bits per heavy atom. The minimum absolute atomic E-state index is 0.00881. The number of H-pyrrole nitrogens is 1. The van der Waals surface area contributed by atoms with E-state index in [4.69, 9.17) is 23.4 Å². The molecule has 1 fully saturated rings. The summed E-state index contributed by atoms with van der Waals surface area (Å²) in [5.74, 6) is 2.14. The predicted molar refractivity (Wildman–Crippen MR) is 66.7 cm³/mol. The van der Waals surface area contributed by atoms with Crippen LogP contribution in [0.3, 0.4) is 0 Å². The number of nitrogens with zero attached hydrogens (tertiary/aromatic N) is 1. The van der Waals surface area contributed by atoms with Gasteiger partial charge in [-0.3, -0.25) is 14.3 Å². The zero-order valence-electron chi connectivity index (χ0n) is 9.68. The zero-order chi connectivity index (χ0) is 14.2. The van der Waals surface area contributed by atoms with Crippen LogP contribution in [-0.2, 0) is 4.74 Å². The highest BCUT2D eigenvalue weighted by atomic mass is 32.1. The minimum atomic E-state index is -1.70. The second-order valence-electron chi connectivity index (χ2n) is 4.15. The molecule has 4 N–H and O–H groups in total. The van der Waals surface area contributed by atoms with Crippen LogP contribution in [0.4, 0.5) is 0 Å². The molecule has 1 aromatic heterocycles. The third kappa shape index (κ3) is 2.11. The van der Waals surface area contributed by atoms with Gasteiger partial charge in [0.15, 0.2) is 16.6 Å². The molecule has 0 saturated carbocycles. The summed E-state index contributed by atoms with van der Waals surface area (Å²) in [5.41, 5.74) is -2.10. The number of nitrogens with one attached hydrogen (secondary N) is 1. The van der Waals surface area contributed by atoms with Crippen LogP contribution < -0.4 is 5.56 Å². The molecule has 2 rings (SSSR count). The summed E-state index contributed by atoms with van der Waals surface area (Å²) in [4.78, 5) is 13.4. The van der Waals surface area contributed by atoms with Crippen molar-refractivity contribution in [3.8, 4) is 12.3 Å². The van der Waals surface area contributed by atoms with Crippen molar-refractivity contribution in [2.75, 3.05) is 6.61 Å². The van der Waals surface area contributed by atoms with Gasteiger partial charge in [0.05, 0.1) is 6.61 Å². The van der Waals surface area contributed by atoms with E-state index in [9.17, 15) is 20.1 Å². The first-order valence-electron chi connectivity index (χ1n) is 5.39. The Morgan fingerprint density at radius 3 is 2.79 bits per heavy atom. The number of terminal acetylenes is 1. The van der Waals surface area contributed by atoms with E-state index >= 15 is 0 Å². The number of aliphatic hydroxyl groups excluding tert-OH is 3. The lowest BCUT2D eigenvalue weighted by Gasteiger charge is -2.23. The van der Waals surface area contributed by atoms with Gasteiger partial charge in [0.1, 0.15) is 12.2 Å². The van der Waals surface area contributed by atoms with Gasteiger partial charge in [-0.2, -0.15) is 0 Å². The fourth-order valence-corrected chi connectivity index (χ4v) is 2.20. The standard InChI is InChI=1S/C11H12N2O5S/c1-2-11(5-14)8(17)7(16)9(18-11)13-4-3-6(15)12-10(13)19/h1,3-4,7-9,14,16-17H,5H2,(H,12,15,19)/t7?,8-,9-,11-/m1/s1. The number of hydrogen-bond donors (Lipinski definition) is 4. The fraction of sp³-hybridized carbons (Fsp3) is 0.455. The first-order valence-corrected chi connectivity index (χ1v) is 5.80. The van der Waals surface area contributed by atoms with Crippen LogP contribution >= 0.6 is 12.2 Å². The van der Waals surface area contributed by atoms with Crippen molar-refractivity contribution >= 4 is 12.2 Å². The molecule has 0 bridgehead atoms. The van der Waals surface area contributed by atoms with Gasteiger partial charge in [0, 0.05) is 12.3 Å². The highest BCUT2D eigenvalue weighted by Gasteiger charge is 2.53. The van der Waals surface area contributed by atoms with E-state index in [0.29, 0.717) is 0 Å². The molecule has 0 amide bonds. The van der Waals surface area contributed by atoms with E-state index in [-0.39, 0.29) is 4.77 Å². The lowest BCUT2D eigenvalue weighted by molar-refractivity contribution is -0.0930. The molecule has 0 radical (unpaired) electrons. The van der Waals surface area contributed by atoms with Crippen LogP contribution in [0.25, 0.3) is 0 Å². The minimum Gasteiger partial charge on any atom is -0.392 e. The summed E-state index contributed by atoms with van der Waals surface area (Å²) < 4.78 is 6.62. The van der Waals surface area contributed by atoms with Crippen LogP contribution in [0.15, 0.2) is 17.1 Å². The van der Waals surface area contributed by atoms with E-state index in [1.165, 1.54) is 16.8 Å². The van der Waals surface area contributed by atoms with Crippen LogP contribution in [0, 0.1) is 17.1 Å². The van der Waals surface area contributed by atoms with Gasteiger partial charge in [0.2, 0.25) is 0 Å². The average Bonchev–Trinajstić information content (AvgIpc) is 2.64. The summed E-state index contributed by atoms with van der Waals surface area (Å²) in [6.45, 7) is -0.658. The lowest BCUT2D eigenvalue weighted by atomic mass is 9.97. The molecule has 1 unspecified atom stereocenters. The highest BCUT2D eigenvalue weighted by molar-refractivity contribution is 7.71. The maximum atomic E-state index is 11.1. The van der Waals surface area contributed by atoms with Gasteiger partial charge < -0.3 is 20.1 Å². The number of aromatic nitrogens is 2. The Balaban J connectivity index is 2.46.